The Bertz CT molecular complexity index is 636. The molecule has 1 heterocycles. The molecule has 0 spiro atoms. The zero-order valence-corrected chi connectivity index (χ0v) is 14.9. The van der Waals surface area contributed by atoms with Crippen LogP contribution in [0.15, 0.2) is 29.3 Å². The van der Waals surface area contributed by atoms with Crippen molar-refractivity contribution in [3.05, 3.63) is 24.3 Å². The Morgan fingerprint density at radius 3 is 2.42 bits per heavy atom. The van der Waals surface area contributed by atoms with E-state index in [4.69, 9.17) is 10.5 Å². The molecule has 0 radical (unpaired) electrons. The van der Waals surface area contributed by atoms with Crippen molar-refractivity contribution >= 4 is 21.7 Å². The Morgan fingerprint density at radius 1 is 1.21 bits per heavy atom. The summed E-state index contributed by atoms with van der Waals surface area (Å²) in [4.78, 5) is 6.51. The molecule has 24 heavy (non-hydrogen) atoms. The highest BCUT2D eigenvalue weighted by Gasteiger charge is 2.10. The first kappa shape index (κ1) is 18.4. The number of rotatable bonds is 6. The zero-order valence-electron chi connectivity index (χ0n) is 14.1. The van der Waals surface area contributed by atoms with Crippen molar-refractivity contribution in [1.29, 1.82) is 0 Å². The van der Waals surface area contributed by atoms with E-state index in [1.807, 2.05) is 0 Å². The first-order valence-corrected chi connectivity index (χ1v) is 10.1. The predicted octanol–water partition coefficient (Wildman–Crippen LogP) is 1.63. The molecule has 0 bridgehead atoms. The van der Waals surface area contributed by atoms with Gasteiger partial charge in [0, 0.05) is 18.8 Å². The molecule has 1 aliphatic rings. The van der Waals surface area contributed by atoms with Gasteiger partial charge >= 0.3 is 0 Å². The summed E-state index contributed by atoms with van der Waals surface area (Å²) in [5.74, 6) is 1.26. The third-order valence-corrected chi connectivity index (χ3v) is 4.33. The van der Waals surface area contributed by atoms with Gasteiger partial charge in [-0.25, -0.2) is 13.4 Å². The van der Waals surface area contributed by atoms with Crippen LogP contribution >= 0.6 is 0 Å². The van der Waals surface area contributed by atoms with E-state index < -0.39 is 10.0 Å². The van der Waals surface area contributed by atoms with Crippen LogP contribution in [0.1, 0.15) is 25.7 Å². The van der Waals surface area contributed by atoms with E-state index in [1.165, 1.54) is 25.7 Å². The van der Waals surface area contributed by atoms with E-state index in [-0.39, 0.29) is 0 Å². The molecule has 134 valence electrons. The van der Waals surface area contributed by atoms with Crippen LogP contribution in [0.25, 0.3) is 0 Å². The molecule has 0 unspecified atom stereocenters. The molecule has 0 saturated carbocycles. The van der Waals surface area contributed by atoms with Crippen molar-refractivity contribution in [2.45, 2.75) is 25.7 Å². The van der Waals surface area contributed by atoms with Crippen LogP contribution in [-0.2, 0) is 10.0 Å². The molecule has 0 amide bonds. The molecule has 1 aliphatic heterocycles. The van der Waals surface area contributed by atoms with Crippen LogP contribution in [0, 0.1) is 0 Å². The fourth-order valence-electron chi connectivity index (χ4n) is 2.56. The summed E-state index contributed by atoms with van der Waals surface area (Å²) in [6, 6.07) is 6.75. The molecular weight excluding hydrogens is 328 g/mol. The quantitative estimate of drug-likeness (QED) is 0.460. The summed E-state index contributed by atoms with van der Waals surface area (Å²) in [5.41, 5.74) is 6.54. The number of nitrogens with one attached hydrogen (secondary N) is 1. The molecule has 8 heteroatoms. The van der Waals surface area contributed by atoms with Crippen LogP contribution < -0.4 is 15.2 Å². The summed E-state index contributed by atoms with van der Waals surface area (Å²) >= 11 is 0. The number of benzene rings is 1. The van der Waals surface area contributed by atoms with Gasteiger partial charge in [-0.2, -0.15) is 0 Å². The van der Waals surface area contributed by atoms with Crippen molar-refractivity contribution in [2.75, 3.05) is 37.2 Å². The smallest absolute Gasteiger partial charge is 0.229 e. The molecule has 0 aliphatic carbocycles. The van der Waals surface area contributed by atoms with Gasteiger partial charge in [-0.15, -0.1) is 0 Å². The Kier molecular flexibility index (Phi) is 6.72. The van der Waals surface area contributed by atoms with Crippen LogP contribution in [0.3, 0.4) is 0 Å². The average Bonchev–Trinajstić information content (AvgIpc) is 2.81. The molecule has 0 aromatic heterocycles. The lowest BCUT2D eigenvalue weighted by Gasteiger charge is -2.21. The number of hydrogen-bond acceptors (Lipinski definition) is 4. The van der Waals surface area contributed by atoms with Gasteiger partial charge in [0.05, 0.1) is 12.8 Å². The van der Waals surface area contributed by atoms with E-state index in [0.29, 0.717) is 30.5 Å². The Balaban J connectivity index is 1.76. The summed E-state index contributed by atoms with van der Waals surface area (Å²) < 4.78 is 30.3. The molecule has 1 aromatic carbocycles. The maximum atomic E-state index is 11.1. The van der Waals surface area contributed by atoms with Gasteiger partial charge in [-0.1, -0.05) is 12.8 Å². The van der Waals surface area contributed by atoms with Crippen molar-refractivity contribution in [1.82, 2.24) is 4.90 Å². The number of guanidine groups is 1. The molecule has 1 aromatic rings. The molecule has 2 rings (SSSR count). The van der Waals surface area contributed by atoms with E-state index in [0.717, 1.165) is 19.3 Å². The molecule has 1 saturated heterocycles. The number of nitrogens with two attached hydrogens (primary N) is 1. The number of likely N-dealkylation sites (tertiary alicyclic amines) is 1. The summed E-state index contributed by atoms with van der Waals surface area (Å²) in [7, 11) is -3.26. The Hall–Kier alpha value is -1.96. The minimum absolute atomic E-state index is 0.424. The normalized spacial score (nSPS) is 16.5. The summed E-state index contributed by atoms with van der Waals surface area (Å²) in [6.07, 6.45) is 5.97. The van der Waals surface area contributed by atoms with Crippen molar-refractivity contribution in [3.8, 4) is 5.75 Å². The molecule has 7 nitrogen and oxygen atoms in total. The van der Waals surface area contributed by atoms with Gasteiger partial charge in [0.2, 0.25) is 10.0 Å². The van der Waals surface area contributed by atoms with Crippen LogP contribution in [-0.4, -0.2) is 51.8 Å². The maximum Gasteiger partial charge on any atom is 0.229 e. The minimum atomic E-state index is -3.26. The lowest BCUT2D eigenvalue weighted by molar-refractivity contribution is 0.327. The van der Waals surface area contributed by atoms with Crippen LogP contribution in [0.5, 0.6) is 5.75 Å². The Labute approximate surface area is 143 Å². The number of anilines is 1. The highest BCUT2D eigenvalue weighted by molar-refractivity contribution is 7.92. The third-order valence-electron chi connectivity index (χ3n) is 3.72. The lowest BCUT2D eigenvalue weighted by Crippen LogP contribution is -2.38. The molecule has 1 fully saturated rings. The summed E-state index contributed by atoms with van der Waals surface area (Å²) in [6.45, 7) is 2.87. The van der Waals surface area contributed by atoms with Gasteiger partial charge < -0.3 is 15.4 Å². The van der Waals surface area contributed by atoms with E-state index in [2.05, 4.69) is 14.6 Å². The van der Waals surface area contributed by atoms with Gasteiger partial charge in [-0.3, -0.25) is 4.72 Å². The molecule has 3 N–H and O–H groups in total. The van der Waals surface area contributed by atoms with E-state index >= 15 is 0 Å². The summed E-state index contributed by atoms with van der Waals surface area (Å²) in [5, 5.41) is 0. The lowest BCUT2D eigenvalue weighted by atomic mass is 10.2. The molecular formula is C16H26N4O3S. The van der Waals surface area contributed by atoms with Crippen LogP contribution in [0.4, 0.5) is 5.69 Å². The van der Waals surface area contributed by atoms with Crippen molar-refractivity contribution < 1.29 is 13.2 Å². The standard InChI is InChI=1S/C16H26N4O3S/c1-24(21,22)19-14-6-8-15(9-7-14)23-13-10-18-16(17)20-11-4-2-3-5-12-20/h6-9,19H,2-5,10-13H2,1H3,(H2,17,18). The second-order valence-corrected chi connectivity index (χ2v) is 7.64. The number of sulfonamides is 1. The van der Waals surface area contributed by atoms with Crippen molar-refractivity contribution in [2.24, 2.45) is 10.7 Å². The molecule has 0 atom stereocenters. The highest BCUT2D eigenvalue weighted by atomic mass is 32.2. The van der Waals surface area contributed by atoms with E-state index in [1.54, 1.807) is 24.3 Å². The largest absolute Gasteiger partial charge is 0.492 e. The fourth-order valence-corrected chi connectivity index (χ4v) is 3.12. The minimum Gasteiger partial charge on any atom is -0.492 e. The van der Waals surface area contributed by atoms with Crippen molar-refractivity contribution in [3.63, 3.8) is 0 Å². The van der Waals surface area contributed by atoms with Crippen LogP contribution in [0.2, 0.25) is 0 Å². The third kappa shape index (κ3) is 6.66. The van der Waals surface area contributed by atoms with Gasteiger partial charge in [0.1, 0.15) is 12.4 Å². The maximum absolute atomic E-state index is 11.1. The highest BCUT2D eigenvalue weighted by Crippen LogP contribution is 2.16. The number of nitrogens with zero attached hydrogens (tertiary/aromatic N) is 2. The zero-order chi connectivity index (χ0) is 17.4. The predicted molar refractivity (Wildman–Crippen MR) is 96.9 cm³/mol. The van der Waals surface area contributed by atoms with Gasteiger partial charge in [0.25, 0.3) is 0 Å². The first-order valence-electron chi connectivity index (χ1n) is 8.19. The number of ether oxygens (including phenoxy) is 1. The SMILES string of the molecule is CS(=O)(=O)Nc1ccc(OCCN=C(N)N2CCCCCC2)cc1. The first-order chi connectivity index (χ1) is 11.4. The number of hydrogen-bond donors (Lipinski definition) is 2. The second-order valence-electron chi connectivity index (χ2n) is 5.89. The average molecular weight is 354 g/mol. The topological polar surface area (TPSA) is 97.0 Å². The van der Waals surface area contributed by atoms with Gasteiger partial charge in [0.15, 0.2) is 5.96 Å². The monoisotopic (exact) mass is 354 g/mol. The fraction of sp³-hybridized carbons (Fsp3) is 0.562. The van der Waals surface area contributed by atoms with Gasteiger partial charge in [-0.05, 0) is 37.1 Å². The second kappa shape index (κ2) is 8.77. The van der Waals surface area contributed by atoms with E-state index in [9.17, 15) is 8.42 Å². The number of aliphatic imine (C=N–C) groups is 1. The Morgan fingerprint density at radius 2 is 1.83 bits per heavy atom.